The normalized spacial score (nSPS) is 10.4. The number of thioether (sulfide) groups is 1. The summed E-state index contributed by atoms with van der Waals surface area (Å²) in [7, 11) is 1.68. The molecule has 1 heterocycles. The molecule has 0 saturated heterocycles. The molecular formula is C18H16FN5O2S. The van der Waals surface area contributed by atoms with Gasteiger partial charge < -0.3 is 9.88 Å². The quantitative estimate of drug-likeness (QED) is 0.659. The number of rotatable bonds is 5. The molecule has 0 bridgehead atoms. The molecule has 138 valence electrons. The van der Waals surface area contributed by atoms with Crippen molar-refractivity contribution in [2.45, 2.75) is 5.16 Å². The molecule has 2 N–H and O–H groups in total. The summed E-state index contributed by atoms with van der Waals surface area (Å²) in [5, 5.41) is 13.2. The number of benzene rings is 2. The number of anilines is 1. The van der Waals surface area contributed by atoms with Gasteiger partial charge in [-0.15, -0.1) is 10.2 Å². The van der Waals surface area contributed by atoms with Crippen molar-refractivity contribution in [3.05, 3.63) is 60.4 Å². The second kappa shape index (κ2) is 8.45. The van der Waals surface area contributed by atoms with Crippen LogP contribution in [0.1, 0.15) is 0 Å². The van der Waals surface area contributed by atoms with Gasteiger partial charge in [-0.25, -0.2) is 9.18 Å². The molecule has 1 aromatic heterocycles. The molecule has 0 aliphatic rings. The van der Waals surface area contributed by atoms with E-state index in [0.717, 1.165) is 11.8 Å². The first-order chi connectivity index (χ1) is 13.0. The molecule has 0 radical (unpaired) electrons. The summed E-state index contributed by atoms with van der Waals surface area (Å²) in [6, 6.07) is 14.4. The zero-order valence-electron chi connectivity index (χ0n) is 14.3. The smallest absolute Gasteiger partial charge is 0.308 e. The van der Waals surface area contributed by atoms with Gasteiger partial charge in [-0.2, -0.15) is 0 Å². The topological polar surface area (TPSA) is 88.9 Å². The maximum atomic E-state index is 13.9. The summed E-state index contributed by atoms with van der Waals surface area (Å²) in [4.78, 5) is 23.7. The van der Waals surface area contributed by atoms with E-state index >= 15 is 0 Å². The van der Waals surface area contributed by atoms with Crippen LogP contribution < -0.4 is 10.6 Å². The molecule has 3 aromatic rings. The summed E-state index contributed by atoms with van der Waals surface area (Å²) in [5.41, 5.74) is 0.907. The van der Waals surface area contributed by atoms with Gasteiger partial charge in [-0.3, -0.25) is 10.1 Å². The first-order valence-electron chi connectivity index (χ1n) is 7.97. The highest BCUT2D eigenvalue weighted by Gasteiger charge is 2.16. The molecule has 0 fully saturated rings. The molecule has 3 rings (SSSR count). The minimum atomic E-state index is -0.614. The van der Waals surface area contributed by atoms with Crippen molar-refractivity contribution in [3.8, 4) is 11.4 Å². The Morgan fingerprint density at radius 1 is 1.07 bits per heavy atom. The van der Waals surface area contributed by atoms with E-state index < -0.39 is 17.8 Å². The van der Waals surface area contributed by atoms with Gasteiger partial charge in [-0.05, 0) is 24.3 Å². The number of nitrogens with zero attached hydrogens (tertiary/aromatic N) is 3. The molecule has 0 saturated carbocycles. The van der Waals surface area contributed by atoms with Crippen LogP contribution >= 0.6 is 11.8 Å². The van der Waals surface area contributed by atoms with Crippen LogP contribution in [0, 0.1) is 5.82 Å². The summed E-state index contributed by atoms with van der Waals surface area (Å²) in [6.45, 7) is 0. The van der Waals surface area contributed by atoms with Gasteiger partial charge in [0.05, 0.1) is 11.3 Å². The van der Waals surface area contributed by atoms with E-state index in [1.54, 1.807) is 54.1 Å². The number of hydrogen-bond donors (Lipinski definition) is 2. The van der Waals surface area contributed by atoms with Gasteiger partial charge in [0.2, 0.25) is 5.91 Å². The van der Waals surface area contributed by atoms with E-state index in [2.05, 4.69) is 20.8 Å². The molecule has 0 aliphatic carbocycles. The molecule has 0 atom stereocenters. The lowest BCUT2D eigenvalue weighted by Crippen LogP contribution is -2.35. The lowest BCUT2D eigenvalue weighted by atomic mass is 10.2. The number of para-hydroxylation sites is 1. The number of carbonyl (C=O) groups is 2. The average molecular weight is 385 g/mol. The predicted octanol–water partition coefficient (Wildman–Crippen LogP) is 3.06. The summed E-state index contributed by atoms with van der Waals surface area (Å²) < 4.78 is 15.5. The number of halogens is 1. The van der Waals surface area contributed by atoms with Gasteiger partial charge >= 0.3 is 6.03 Å². The van der Waals surface area contributed by atoms with Gasteiger partial charge in [0.15, 0.2) is 11.0 Å². The number of amides is 3. The van der Waals surface area contributed by atoms with Gasteiger partial charge in [0.1, 0.15) is 5.82 Å². The Balaban J connectivity index is 1.56. The molecule has 2 aromatic carbocycles. The minimum absolute atomic E-state index is 0.0363. The van der Waals surface area contributed by atoms with Crippen LogP contribution in [0.25, 0.3) is 11.4 Å². The van der Waals surface area contributed by atoms with Gasteiger partial charge in [0.25, 0.3) is 0 Å². The van der Waals surface area contributed by atoms with Crippen LogP contribution in [0.4, 0.5) is 14.9 Å². The molecule has 3 amide bonds. The SMILES string of the molecule is Cn1c(SCC(=O)NC(=O)Nc2ccccc2)nnc1-c1ccccc1F. The van der Waals surface area contributed by atoms with E-state index in [4.69, 9.17) is 0 Å². The van der Waals surface area contributed by atoms with Crippen LogP contribution in [0.5, 0.6) is 0 Å². The third-order valence-electron chi connectivity index (χ3n) is 3.57. The monoisotopic (exact) mass is 385 g/mol. The standard InChI is InChI=1S/C18H16FN5O2S/c1-24-16(13-9-5-6-10-14(13)19)22-23-18(24)27-11-15(25)21-17(26)20-12-7-3-2-4-8-12/h2-10H,11H2,1H3,(H2,20,21,25,26). The lowest BCUT2D eigenvalue weighted by Gasteiger charge is -2.07. The average Bonchev–Trinajstić information content (AvgIpc) is 3.01. The Morgan fingerprint density at radius 3 is 2.52 bits per heavy atom. The van der Waals surface area contributed by atoms with Crippen molar-refractivity contribution in [1.82, 2.24) is 20.1 Å². The van der Waals surface area contributed by atoms with E-state index in [1.807, 2.05) is 6.07 Å². The van der Waals surface area contributed by atoms with Crippen molar-refractivity contribution in [1.29, 1.82) is 0 Å². The highest BCUT2D eigenvalue weighted by atomic mass is 32.2. The first-order valence-corrected chi connectivity index (χ1v) is 8.96. The molecule has 0 aliphatic heterocycles. The van der Waals surface area contributed by atoms with Crippen molar-refractivity contribution >= 4 is 29.4 Å². The summed E-state index contributed by atoms with van der Waals surface area (Å²) in [6.07, 6.45) is 0. The highest BCUT2D eigenvalue weighted by molar-refractivity contribution is 7.99. The number of carbonyl (C=O) groups excluding carboxylic acids is 2. The fraction of sp³-hybridized carbons (Fsp3) is 0.111. The van der Waals surface area contributed by atoms with Crippen LogP contribution in [0.3, 0.4) is 0 Å². The zero-order chi connectivity index (χ0) is 19.2. The molecule has 0 spiro atoms. The van der Waals surface area contributed by atoms with E-state index in [-0.39, 0.29) is 5.75 Å². The molecular weight excluding hydrogens is 369 g/mol. The number of imide groups is 1. The highest BCUT2D eigenvalue weighted by Crippen LogP contribution is 2.24. The molecule has 7 nitrogen and oxygen atoms in total. The molecule has 27 heavy (non-hydrogen) atoms. The maximum Gasteiger partial charge on any atom is 0.325 e. The number of urea groups is 1. The molecule has 0 unspecified atom stereocenters. The van der Waals surface area contributed by atoms with Crippen LogP contribution in [0.15, 0.2) is 59.8 Å². The summed E-state index contributed by atoms with van der Waals surface area (Å²) >= 11 is 1.10. The zero-order valence-corrected chi connectivity index (χ0v) is 15.2. The van der Waals surface area contributed by atoms with E-state index in [9.17, 15) is 14.0 Å². The van der Waals surface area contributed by atoms with E-state index in [0.29, 0.717) is 22.2 Å². The van der Waals surface area contributed by atoms with Gasteiger partial charge in [-0.1, -0.05) is 42.1 Å². The van der Waals surface area contributed by atoms with Crippen molar-refractivity contribution in [3.63, 3.8) is 0 Å². The van der Waals surface area contributed by atoms with Gasteiger partial charge in [0, 0.05) is 12.7 Å². The lowest BCUT2D eigenvalue weighted by molar-refractivity contribution is -0.117. The number of hydrogen-bond acceptors (Lipinski definition) is 5. The third-order valence-corrected chi connectivity index (χ3v) is 4.59. The largest absolute Gasteiger partial charge is 0.325 e. The Morgan fingerprint density at radius 2 is 1.78 bits per heavy atom. The number of nitrogens with one attached hydrogen (secondary N) is 2. The predicted molar refractivity (Wildman–Crippen MR) is 101 cm³/mol. The Kier molecular flexibility index (Phi) is 5.82. The number of aromatic nitrogens is 3. The molecule has 9 heteroatoms. The fourth-order valence-corrected chi connectivity index (χ4v) is 3.01. The van der Waals surface area contributed by atoms with Crippen LogP contribution in [0.2, 0.25) is 0 Å². The third kappa shape index (κ3) is 4.70. The minimum Gasteiger partial charge on any atom is -0.308 e. The van der Waals surface area contributed by atoms with Crippen LogP contribution in [-0.2, 0) is 11.8 Å². The van der Waals surface area contributed by atoms with Crippen molar-refractivity contribution < 1.29 is 14.0 Å². The summed E-state index contributed by atoms with van der Waals surface area (Å²) in [5.74, 6) is -0.563. The Labute approximate surface area is 159 Å². The Bertz CT molecular complexity index is 961. The maximum absolute atomic E-state index is 13.9. The second-order valence-corrected chi connectivity index (χ2v) is 6.44. The second-order valence-electron chi connectivity index (χ2n) is 5.50. The first kappa shape index (κ1) is 18.6. The van der Waals surface area contributed by atoms with Crippen molar-refractivity contribution in [2.24, 2.45) is 7.05 Å². The van der Waals surface area contributed by atoms with Crippen molar-refractivity contribution in [2.75, 3.05) is 11.1 Å². The van der Waals surface area contributed by atoms with E-state index in [1.165, 1.54) is 6.07 Å². The fourth-order valence-electron chi connectivity index (χ4n) is 2.29. The Hall–Kier alpha value is -3.20. The van der Waals surface area contributed by atoms with Crippen LogP contribution in [-0.4, -0.2) is 32.5 Å².